The van der Waals surface area contributed by atoms with Gasteiger partial charge in [-0.15, -0.1) is 0 Å². The Kier molecular flexibility index (Phi) is 3.96. The molecular weight excluding hydrogens is 212 g/mol. The van der Waals surface area contributed by atoms with Crippen molar-refractivity contribution in [1.82, 2.24) is 0 Å². The molecule has 0 aliphatic carbocycles. The van der Waals surface area contributed by atoms with E-state index >= 15 is 0 Å². The standard InChI is InChI=1S/C10H14N2O2S/c1-7(2)15-6-8-3-4-9(11)10(5-8)12(13)14/h3-5,7H,6,11H2,1-2H3. The van der Waals surface area contributed by atoms with Gasteiger partial charge in [-0.3, -0.25) is 10.1 Å². The van der Waals surface area contributed by atoms with Gasteiger partial charge in [0.25, 0.3) is 5.69 Å². The first kappa shape index (κ1) is 11.8. The smallest absolute Gasteiger partial charge is 0.292 e. The monoisotopic (exact) mass is 226 g/mol. The van der Waals surface area contributed by atoms with E-state index < -0.39 is 4.92 Å². The first-order valence-corrected chi connectivity index (χ1v) is 5.70. The molecule has 1 aromatic carbocycles. The Morgan fingerprint density at radius 3 is 2.73 bits per heavy atom. The third kappa shape index (κ3) is 3.43. The molecule has 0 fully saturated rings. The van der Waals surface area contributed by atoms with Crippen molar-refractivity contribution >= 4 is 23.1 Å². The summed E-state index contributed by atoms with van der Waals surface area (Å²) in [7, 11) is 0. The Morgan fingerprint density at radius 2 is 2.20 bits per heavy atom. The fourth-order valence-electron chi connectivity index (χ4n) is 1.10. The van der Waals surface area contributed by atoms with E-state index in [4.69, 9.17) is 5.73 Å². The Bertz CT molecular complexity index is 366. The lowest BCUT2D eigenvalue weighted by molar-refractivity contribution is -0.383. The van der Waals surface area contributed by atoms with Crippen molar-refractivity contribution < 1.29 is 4.92 Å². The van der Waals surface area contributed by atoms with Crippen molar-refractivity contribution in [3.8, 4) is 0 Å². The zero-order chi connectivity index (χ0) is 11.4. The van der Waals surface area contributed by atoms with Crippen LogP contribution in [0.3, 0.4) is 0 Å². The molecule has 0 aromatic heterocycles. The summed E-state index contributed by atoms with van der Waals surface area (Å²) in [6.45, 7) is 4.19. The fraction of sp³-hybridized carbons (Fsp3) is 0.400. The normalized spacial score (nSPS) is 10.6. The third-order valence-corrected chi connectivity index (χ3v) is 3.04. The largest absolute Gasteiger partial charge is 0.393 e. The molecule has 0 saturated carbocycles. The summed E-state index contributed by atoms with van der Waals surface area (Å²) in [6.07, 6.45) is 0. The lowest BCUT2D eigenvalue weighted by Gasteiger charge is -2.05. The third-order valence-electron chi connectivity index (χ3n) is 1.87. The molecule has 5 heteroatoms. The van der Waals surface area contributed by atoms with Crippen LogP contribution in [0.5, 0.6) is 0 Å². The molecule has 0 atom stereocenters. The molecule has 0 saturated heterocycles. The zero-order valence-corrected chi connectivity index (χ0v) is 9.58. The number of rotatable bonds is 4. The number of hydrogen-bond donors (Lipinski definition) is 1. The first-order chi connectivity index (χ1) is 7.00. The molecule has 0 amide bonds. The van der Waals surface area contributed by atoms with E-state index in [1.807, 2.05) is 6.07 Å². The van der Waals surface area contributed by atoms with Gasteiger partial charge in [-0.25, -0.2) is 0 Å². The average molecular weight is 226 g/mol. The van der Waals surface area contributed by atoms with Crippen molar-refractivity contribution in [1.29, 1.82) is 0 Å². The highest BCUT2D eigenvalue weighted by atomic mass is 32.2. The van der Waals surface area contributed by atoms with Gasteiger partial charge in [0.05, 0.1) is 4.92 Å². The van der Waals surface area contributed by atoms with E-state index in [9.17, 15) is 10.1 Å². The summed E-state index contributed by atoms with van der Waals surface area (Å²) in [5.74, 6) is 0.777. The van der Waals surface area contributed by atoms with Crippen LogP contribution in [-0.2, 0) is 5.75 Å². The second-order valence-electron chi connectivity index (χ2n) is 3.51. The number of nitrogens with zero attached hydrogens (tertiary/aromatic N) is 1. The number of nitro benzene ring substituents is 1. The van der Waals surface area contributed by atoms with Gasteiger partial charge in [0.2, 0.25) is 0 Å². The molecule has 2 N–H and O–H groups in total. The van der Waals surface area contributed by atoms with Crippen LogP contribution in [0.1, 0.15) is 19.4 Å². The van der Waals surface area contributed by atoms with Gasteiger partial charge < -0.3 is 5.73 Å². The van der Waals surface area contributed by atoms with Crippen LogP contribution in [-0.4, -0.2) is 10.2 Å². The Morgan fingerprint density at radius 1 is 1.53 bits per heavy atom. The van der Waals surface area contributed by atoms with Crippen molar-refractivity contribution in [3.05, 3.63) is 33.9 Å². The summed E-state index contributed by atoms with van der Waals surface area (Å²) < 4.78 is 0. The maximum absolute atomic E-state index is 10.6. The molecular formula is C10H14N2O2S. The highest BCUT2D eigenvalue weighted by molar-refractivity contribution is 7.99. The topological polar surface area (TPSA) is 69.2 Å². The number of hydrogen-bond acceptors (Lipinski definition) is 4. The number of thioether (sulfide) groups is 1. The van der Waals surface area contributed by atoms with E-state index in [1.54, 1.807) is 23.9 Å². The molecule has 0 radical (unpaired) electrons. The van der Waals surface area contributed by atoms with Crippen LogP contribution in [0.25, 0.3) is 0 Å². The number of benzene rings is 1. The zero-order valence-electron chi connectivity index (χ0n) is 8.77. The molecule has 0 aliphatic rings. The SMILES string of the molecule is CC(C)SCc1ccc(N)c([N+](=O)[O-])c1. The van der Waals surface area contributed by atoms with Crippen LogP contribution >= 0.6 is 11.8 Å². The fourth-order valence-corrected chi connectivity index (χ4v) is 1.81. The van der Waals surface area contributed by atoms with E-state index in [0.717, 1.165) is 11.3 Å². The number of nitrogens with two attached hydrogens (primary N) is 1. The minimum atomic E-state index is -0.446. The van der Waals surface area contributed by atoms with Crippen LogP contribution < -0.4 is 5.73 Å². The van der Waals surface area contributed by atoms with Gasteiger partial charge in [-0.2, -0.15) is 11.8 Å². The molecule has 4 nitrogen and oxygen atoms in total. The minimum Gasteiger partial charge on any atom is -0.393 e. The van der Waals surface area contributed by atoms with Gasteiger partial charge in [0.15, 0.2) is 0 Å². The lowest BCUT2D eigenvalue weighted by Crippen LogP contribution is -1.97. The van der Waals surface area contributed by atoms with Gasteiger partial charge in [0.1, 0.15) is 5.69 Å². The molecule has 15 heavy (non-hydrogen) atoms. The molecule has 0 unspecified atom stereocenters. The molecule has 1 rings (SSSR count). The van der Waals surface area contributed by atoms with E-state index in [-0.39, 0.29) is 11.4 Å². The maximum Gasteiger partial charge on any atom is 0.292 e. The minimum absolute atomic E-state index is 0.00291. The number of nitro groups is 1. The van der Waals surface area contributed by atoms with Crippen LogP contribution in [0.2, 0.25) is 0 Å². The second kappa shape index (κ2) is 5.02. The summed E-state index contributed by atoms with van der Waals surface area (Å²) in [5.41, 5.74) is 6.66. The Balaban J connectivity index is 2.83. The highest BCUT2D eigenvalue weighted by Crippen LogP contribution is 2.25. The van der Waals surface area contributed by atoms with Crippen molar-refractivity contribution in [2.24, 2.45) is 0 Å². The van der Waals surface area contributed by atoms with Crippen LogP contribution in [0.4, 0.5) is 11.4 Å². The number of anilines is 1. The highest BCUT2D eigenvalue weighted by Gasteiger charge is 2.11. The quantitative estimate of drug-likeness (QED) is 0.487. The Hall–Kier alpha value is -1.23. The van der Waals surface area contributed by atoms with Crippen molar-refractivity contribution in [2.45, 2.75) is 24.9 Å². The molecule has 0 spiro atoms. The summed E-state index contributed by atoms with van der Waals surface area (Å²) in [6, 6.07) is 4.97. The Labute approximate surface area is 93.0 Å². The first-order valence-electron chi connectivity index (χ1n) is 4.65. The lowest BCUT2D eigenvalue weighted by atomic mass is 10.2. The summed E-state index contributed by atoms with van der Waals surface area (Å²) in [5, 5.41) is 11.1. The predicted octanol–water partition coefficient (Wildman–Crippen LogP) is 2.82. The molecule has 0 aliphatic heterocycles. The molecule has 1 aromatic rings. The summed E-state index contributed by atoms with van der Waals surface area (Å²) in [4.78, 5) is 10.2. The van der Waals surface area contributed by atoms with Crippen molar-refractivity contribution in [3.63, 3.8) is 0 Å². The second-order valence-corrected chi connectivity index (χ2v) is 5.07. The number of nitrogen functional groups attached to an aromatic ring is 1. The van der Waals surface area contributed by atoms with Crippen LogP contribution in [0, 0.1) is 10.1 Å². The predicted molar refractivity (Wildman–Crippen MR) is 63.9 cm³/mol. The average Bonchev–Trinajstić information content (AvgIpc) is 2.16. The molecule has 0 bridgehead atoms. The van der Waals surface area contributed by atoms with E-state index in [0.29, 0.717) is 5.25 Å². The van der Waals surface area contributed by atoms with Crippen LogP contribution in [0.15, 0.2) is 18.2 Å². The van der Waals surface area contributed by atoms with Crippen molar-refractivity contribution in [2.75, 3.05) is 5.73 Å². The van der Waals surface area contributed by atoms with Gasteiger partial charge in [0, 0.05) is 11.8 Å². The van der Waals surface area contributed by atoms with Gasteiger partial charge in [-0.05, 0) is 16.9 Å². The maximum atomic E-state index is 10.6. The van der Waals surface area contributed by atoms with Gasteiger partial charge >= 0.3 is 0 Å². The van der Waals surface area contributed by atoms with Gasteiger partial charge in [-0.1, -0.05) is 19.9 Å². The van der Waals surface area contributed by atoms with E-state index in [2.05, 4.69) is 13.8 Å². The molecule has 82 valence electrons. The summed E-state index contributed by atoms with van der Waals surface area (Å²) >= 11 is 1.75. The molecule has 0 heterocycles. The van der Waals surface area contributed by atoms with E-state index in [1.165, 1.54) is 0 Å².